The van der Waals surface area contributed by atoms with Crippen LogP contribution < -0.4 is 16.6 Å². The fourth-order valence-electron chi connectivity index (χ4n) is 1.92. The lowest BCUT2D eigenvalue weighted by molar-refractivity contribution is -0.221. The van der Waals surface area contributed by atoms with Gasteiger partial charge in [-0.05, 0) is 0 Å². The van der Waals surface area contributed by atoms with E-state index in [4.69, 9.17) is 9.84 Å². The van der Waals surface area contributed by atoms with Crippen LogP contribution in [0.1, 0.15) is 0 Å². The number of nitrogens with one attached hydrogen (secondary N) is 3. The van der Waals surface area contributed by atoms with E-state index in [0.29, 0.717) is 0 Å². The summed E-state index contributed by atoms with van der Waals surface area (Å²) in [6.07, 6.45) is -6.85. The summed E-state index contributed by atoms with van der Waals surface area (Å²) in [4.78, 5) is 26.4. The second-order valence-electron chi connectivity index (χ2n) is 4.40. The molecule has 0 saturated carbocycles. The zero-order chi connectivity index (χ0) is 14.9. The highest BCUT2D eigenvalue weighted by Gasteiger charge is 2.43. The third-order valence-corrected chi connectivity index (χ3v) is 2.95. The molecule has 0 bridgehead atoms. The third kappa shape index (κ3) is 2.89. The van der Waals surface area contributed by atoms with Gasteiger partial charge in [-0.3, -0.25) is 14.8 Å². The standard InChI is InChI=1S/C10H15N3O7/c14-2-3-6(16)7(17)8(18)9(20-3)11-4-1-5(15)13-10(19)12-4/h1,3,6-9,14,16-18H,2H2,(H3,11,12,13,15,19)/t3-,6-,7+,8-,9-/m1/s1. The Morgan fingerprint density at radius 1 is 1.15 bits per heavy atom. The van der Waals surface area contributed by atoms with E-state index < -0.39 is 48.5 Å². The highest BCUT2D eigenvalue weighted by atomic mass is 16.6. The maximum atomic E-state index is 11.1. The van der Waals surface area contributed by atoms with Gasteiger partial charge in [0.2, 0.25) is 0 Å². The van der Waals surface area contributed by atoms with Crippen molar-refractivity contribution in [3.8, 4) is 0 Å². The molecule has 0 spiro atoms. The summed E-state index contributed by atoms with van der Waals surface area (Å²) in [6, 6.07) is 1.02. The van der Waals surface area contributed by atoms with Gasteiger partial charge in [0.05, 0.1) is 6.61 Å². The molecule has 7 N–H and O–H groups in total. The predicted octanol–water partition coefficient (Wildman–Crippen LogP) is -3.72. The largest absolute Gasteiger partial charge is 0.394 e. The number of H-pyrrole nitrogens is 2. The maximum Gasteiger partial charge on any atom is 0.327 e. The molecule has 10 nitrogen and oxygen atoms in total. The summed E-state index contributed by atoms with van der Waals surface area (Å²) in [7, 11) is 0. The van der Waals surface area contributed by atoms with Crippen LogP contribution in [0.25, 0.3) is 0 Å². The highest BCUT2D eigenvalue weighted by molar-refractivity contribution is 5.33. The molecule has 1 saturated heterocycles. The van der Waals surface area contributed by atoms with Crippen molar-refractivity contribution < 1.29 is 25.2 Å². The molecule has 5 atom stereocenters. The molecule has 20 heavy (non-hydrogen) atoms. The molecule has 1 fully saturated rings. The van der Waals surface area contributed by atoms with Crippen LogP contribution in [0.2, 0.25) is 0 Å². The van der Waals surface area contributed by atoms with Crippen LogP contribution in [-0.2, 0) is 4.74 Å². The minimum atomic E-state index is -1.55. The van der Waals surface area contributed by atoms with Gasteiger partial charge >= 0.3 is 5.69 Å². The summed E-state index contributed by atoms with van der Waals surface area (Å²) < 4.78 is 5.16. The van der Waals surface area contributed by atoms with Crippen LogP contribution in [0.5, 0.6) is 0 Å². The molecule has 0 unspecified atom stereocenters. The normalized spacial score (nSPS) is 33.9. The van der Waals surface area contributed by atoms with Crippen molar-refractivity contribution >= 4 is 5.82 Å². The minimum Gasteiger partial charge on any atom is -0.394 e. The second-order valence-corrected chi connectivity index (χ2v) is 4.40. The minimum absolute atomic E-state index is 0.0388. The summed E-state index contributed by atoms with van der Waals surface area (Å²) >= 11 is 0. The van der Waals surface area contributed by atoms with Gasteiger partial charge in [0.15, 0.2) is 6.23 Å². The quantitative estimate of drug-likeness (QED) is 0.298. The Kier molecular flexibility index (Phi) is 4.20. The summed E-state index contributed by atoms with van der Waals surface area (Å²) in [5.41, 5.74) is -1.43. The lowest BCUT2D eigenvalue weighted by Gasteiger charge is -2.40. The molecular formula is C10H15N3O7. The van der Waals surface area contributed by atoms with Gasteiger partial charge in [-0.1, -0.05) is 0 Å². The third-order valence-electron chi connectivity index (χ3n) is 2.95. The van der Waals surface area contributed by atoms with Gasteiger partial charge in [-0.15, -0.1) is 0 Å². The van der Waals surface area contributed by atoms with Gasteiger partial charge in [-0.2, -0.15) is 0 Å². The highest BCUT2D eigenvalue weighted by Crippen LogP contribution is 2.21. The van der Waals surface area contributed by atoms with E-state index >= 15 is 0 Å². The zero-order valence-corrected chi connectivity index (χ0v) is 10.2. The van der Waals surface area contributed by atoms with E-state index in [0.717, 1.165) is 6.07 Å². The monoisotopic (exact) mass is 289 g/mol. The second kappa shape index (κ2) is 5.73. The molecule has 1 aliphatic heterocycles. The van der Waals surface area contributed by atoms with Crippen LogP contribution in [0, 0.1) is 0 Å². The lowest BCUT2D eigenvalue weighted by atomic mass is 9.98. The molecule has 112 valence electrons. The van der Waals surface area contributed by atoms with Gasteiger partial charge in [-0.25, -0.2) is 4.79 Å². The number of aromatic amines is 2. The number of ether oxygens (including phenoxy) is 1. The number of aromatic nitrogens is 2. The number of hydrogen-bond donors (Lipinski definition) is 7. The molecule has 10 heteroatoms. The smallest absolute Gasteiger partial charge is 0.327 e. The molecule has 1 aliphatic rings. The van der Waals surface area contributed by atoms with Gasteiger partial charge in [0.1, 0.15) is 30.2 Å². The molecule has 2 heterocycles. The van der Waals surface area contributed by atoms with E-state index in [9.17, 15) is 24.9 Å². The van der Waals surface area contributed by atoms with Crippen molar-refractivity contribution in [1.82, 2.24) is 9.97 Å². The Labute approximate surface area is 111 Å². The fourth-order valence-corrected chi connectivity index (χ4v) is 1.92. The van der Waals surface area contributed by atoms with E-state index in [1.54, 1.807) is 0 Å². The summed E-state index contributed by atoms with van der Waals surface area (Å²) in [5.74, 6) is -0.0388. The fraction of sp³-hybridized carbons (Fsp3) is 0.600. The lowest BCUT2D eigenvalue weighted by Crippen LogP contribution is -2.60. The van der Waals surface area contributed by atoms with Crippen LogP contribution in [0.15, 0.2) is 15.7 Å². The Bertz CT molecular complexity index is 540. The molecule has 1 aromatic heterocycles. The van der Waals surface area contributed by atoms with E-state index in [-0.39, 0.29) is 5.82 Å². The van der Waals surface area contributed by atoms with Crippen LogP contribution in [0.3, 0.4) is 0 Å². The van der Waals surface area contributed by atoms with E-state index in [1.807, 2.05) is 4.98 Å². The van der Waals surface area contributed by atoms with Crippen LogP contribution in [-0.4, -0.2) is 67.6 Å². The number of aliphatic hydroxyl groups excluding tert-OH is 4. The first-order valence-corrected chi connectivity index (χ1v) is 5.83. The van der Waals surface area contributed by atoms with Crippen molar-refractivity contribution in [2.45, 2.75) is 30.6 Å². The van der Waals surface area contributed by atoms with Crippen LogP contribution >= 0.6 is 0 Å². The summed E-state index contributed by atoms with van der Waals surface area (Å²) in [6.45, 7) is -0.574. The topological polar surface area (TPSA) is 168 Å². The molecule has 2 rings (SSSR count). The van der Waals surface area contributed by atoms with Crippen LogP contribution in [0.4, 0.5) is 5.82 Å². The number of anilines is 1. The van der Waals surface area contributed by atoms with Gasteiger partial charge < -0.3 is 30.5 Å². The first kappa shape index (κ1) is 14.7. The molecule has 0 amide bonds. The van der Waals surface area contributed by atoms with E-state index in [2.05, 4.69) is 10.3 Å². The van der Waals surface area contributed by atoms with E-state index in [1.165, 1.54) is 0 Å². The number of hydrogen-bond acceptors (Lipinski definition) is 8. The molecular weight excluding hydrogens is 274 g/mol. The Hall–Kier alpha value is -1.72. The SMILES string of the molecule is O=c1cc(N[C@@H]2O[C@H](CO)[C@@H](O)[C@H](O)[C@H]2O)[nH]c(=O)[nH]1. The Morgan fingerprint density at radius 2 is 1.85 bits per heavy atom. The number of rotatable bonds is 3. The molecule has 0 aromatic carbocycles. The average Bonchev–Trinajstić information content (AvgIpc) is 2.38. The number of aliphatic hydroxyl groups is 4. The van der Waals surface area contributed by atoms with Crippen molar-refractivity contribution in [1.29, 1.82) is 0 Å². The van der Waals surface area contributed by atoms with Crippen molar-refractivity contribution in [3.63, 3.8) is 0 Å². The zero-order valence-electron chi connectivity index (χ0n) is 10.2. The Morgan fingerprint density at radius 3 is 2.45 bits per heavy atom. The summed E-state index contributed by atoms with van der Waals surface area (Å²) in [5, 5.41) is 40.5. The van der Waals surface area contributed by atoms with Crippen molar-refractivity contribution in [2.75, 3.05) is 11.9 Å². The maximum absolute atomic E-state index is 11.1. The molecule has 1 aromatic rings. The first-order valence-electron chi connectivity index (χ1n) is 5.83. The van der Waals surface area contributed by atoms with Crippen molar-refractivity contribution in [3.05, 3.63) is 26.9 Å². The van der Waals surface area contributed by atoms with Gasteiger partial charge in [0.25, 0.3) is 5.56 Å². The molecule has 0 radical (unpaired) electrons. The predicted molar refractivity (Wildman–Crippen MR) is 65.1 cm³/mol. The molecule has 0 aliphatic carbocycles. The van der Waals surface area contributed by atoms with Crippen molar-refractivity contribution in [2.24, 2.45) is 0 Å². The Balaban J connectivity index is 2.19. The average molecular weight is 289 g/mol. The first-order chi connectivity index (χ1) is 9.42. The van der Waals surface area contributed by atoms with Gasteiger partial charge in [0, 0.05) is 6.07 Å².